The molecule has 0 aliphatic rings. The lowest BCUT2D eigenvalue weighted by Gasteiger charge is -2.09. The van der Waals surface area contributed by atoms with Crippen LogP contribution in [-0.4, -0.2) is 20.6 Å². The Morgan fingerprint density at radius 3 is 2.62 bits per heavy atom. The summed E-state index contributed by atoms with van der Waals surface area (Å²) < 4.78 is 1.68. The minimum Gasteiger partial charge on any atom is -0.480 e. The number of aryl methyl sites for hydroxylation is 2. The number of rotatable bonds is 2. The molecular formula is C12H14N2O2. The summed E-state index contributed by atoms with van der Waals surface area (Å²) in [6.45, 7) is 5.69. The van der Waals surface area contributed by atoms with Crippen LogP contribution in [0.3, 0.4) is 0 Å². The molecule has 1 heterocycles. The van der Waals surface area contributed by atoms with Gasteiger partial charge in [-0.3, -0.25) is 0 Å². The fraction of sp³-hybridized carbons (Fsp3) is 0.333. The molecule has 0 unspecified atom stereocenters. The Balaban J connectivity index is 2.65. The third kappa shape index (κ3) is 1.56. The van der Waals surface area contributed by atoms with Crippen LogP contribution in [0.4, 0.5) is 0 Å². The molecule has 2 rings (SSSR count). The summed E-state index contributed by atoms with van der Waals surface area (Å²) in [5.41, 5.74) is 4.03. The topological polar surface area (TPSA) is 55.1 Å². The first kappa shape index (κ1) is 10.7. The molecule has 84 valence electrons. The van der Waals surface area contributed by atoms with Crippen molar-refractivity contribution >= 4 is 17.0 Å². The van der Waals surface area contributed by atoms with E-state index in [1.807, 2.05) is 26.0 Å². The van der Waals surface area contributed by atoms with E-state index in [0.29, 0.717) is 0 Å². The van der Waals surface area contributed by atoms with Gasteiger partial charge in [0.05, 0.1) is 17.4 Å². The molecule has 0 saturated carbocycles. The highest BCUT2D eigenvalue weighted by molar-refractivity contribution is 5.80. The summed E-state index contributed by atoms with van der Waals surface area (Å²) in [6, 6.07) is 3.37. The molecule has 2 aromatic rings. The number of hydrogen-bond acceptors (Lipinski definition) is 2. The Bertz CT molecular complexity index is 557. The Labute approximate surface area is 93.5 Å². The van der Waals surface area contributed by atoms with Crippen LogP contribution in [-0.2, 0) is 4.79 Å². The minimum absolute atomic E-state index is 0.591. The van der Waals surface area contributed by atoms with E-state index >= 15 is 0 Å². The molecule has 0 radical (unpaired) electrons. The quantitative estimate of drug-likeness (QED) is 0.841. The van der Waals surface area contributed by atoms with Gasteiger partial charge in [0.25, 0.3) is 0 Å². The zero-order valence-corrected chi connectivity index (χ0v) is 9.56. The second kappa shape index (κ2) is 3.63. The predicted octanol–water partition coefficient (Wildman–Crippen LogP) is 2.30. The Morgan fingerprint density at radius 2 is 2.00 bits per heavy atom. The Morgan fingerprint density at radius 1 is 1.38 bits per heavy atom. The summed E-state index contributed by atoms with van der Waals surface area (Å²) >= 11 is 0. The van der Waals surface area contributed by atoms with E-state index in [4.69, 9.17) is 5.11 Å². The average molecular weight is 218 g/mol. The van der Waals surface area contributed by atoms with E-state index < -0.39 is 12.0 Å². The van der Waals surface area contributed by atoms with Crippen molar-refractivity contribution in [1.82, 2.24) is 9.55 Å². The maximum Gasteiger partial charge on any atom is 0.326 e. The van der Waals surface area contributed by atoms with Crippen molar-refractivity contribution in [2.75, 3.05) is 0 Å². The Kier molecular flexibility index (Phi) is 2.42. The van der Waals surface area contributed by atoms with Crippen molar-refractivity contribution in [2.45, 2.75) is 26.8 Å². The van der Waals surface area contributed by atoms with Gasteiger partial charge in [0.2, 0.25) is 0 Å². The van der Waals surface area contributed by atoms with Gasteiger partial charge in [-0.05, 0) is 44.0 Å². The standard InChI is InChI=1S/C12H14N2O2/c1-7-4-10-11(5-8(7)2)14(6-13-10)9(3)12(15)16/h4-6,9H,1-3H3,(H,15,16)/t9-/m1/s1. The number of fused-ring (bicyclic) bond motifs is 1. The molecule has 4 nitrogen and oxygen atoms in total. The van der Waals surface area contributed by atoms with Crippen molar-refractivity contribution in [1.29, 1.82) is 0 Å². The smallest absolute Gasteiger partial charge is 0.326 e. The molecule has 0 saturated heterocycles. The number of aliphatic carboxylic acids is 1. The molecule has 0 amide bonds. The zero-order valence-electron chi connectivity index (χ0n) is 9.56. The van der Waals surface area contributed by atoms with E-state index in [-0.39, 0.29) is 0 Å². The van der Waals surface area contributed by atoms with Crippen molar-refractivity contribution in [3.05, 3.63) is 29.6 Å². The van der Waals surface area contributed by atoms with Crippen LogP contribution in [0.25, 0.3) is 11.0 Å². The molecule has 1 atom stereocenters. The van der Waals surface area contributed by atoms with Crippen molar-refractivity contribution < 1.29 is 9.90 Å². The summed E-state index contributed by atoms with van der Waals surface area (Å²) in [5.74, 6) is -0.850. The number of carbonyl (C=O) groups is 1. The molecule has 0 spiro atoms. The Hall–Kier alpha value is -1.84. The first-order valence-electron chi connectivity index (χ1n) is 5.17. The van der Waals surface area contributed by atoms with Crippen LogP contribution in [0.5, 0.6) is 0 Å². The SMILES string of the molecule is Cc1cc2ncn([C@H](C)C(=O)O)c2cc1C. The first-order valence-corrected chi connectivity index (χ1v) is 5.17. The number of nitrogens with zero attached hydrogens (tertiary/aromatic N) is 2. The lowest BCUT2D eigenvalue weighted by Crippen LogP contribution is -2.14. The summed E-state index contributed by atoms with van der Waals surface area (Å²) in [4.78, 5) is 15.2. The minimum atomic E-state index is -0.850. The van der Waals surface area contributed by atoms with Gasteiger partial charge < -0.3 is 9.67 Å². The number of carboxylic acids is 1. The predicted molar refractivity (Wildman–Crippen MR) is 61.6 cm³/mol. The highest BCUT2D eigenvalue weighted by Gasteiger charge is 2.16. The van der Waals surface area contributed by atoms with Gasteiger partial charge in [-0.25, -0.2) is 9.78 Å². The number of benzene rings is 1. The molecule has 4 heteroatoms. The molecular weight excluding hydrogens is 204 g/mol. The zero-order chi connectivity index (χ0) is 11.9. The maximum atomic E-state index is 10.9. The van der Waals surface area contributed by atoms with Gasteiger partial charge in [-0.2, -0.15) is 0 Å². The number of aromatic nitrogens is 2. The monoisotopic (exact) mass is 218 g/mol. The largest absolute Gasteiger partial charge is 0.480 e. The van der Waals surface area contributed by atoms with Crippen LogP contribution in [0.15, 0.2) is 18.5 Å². The highest BCUT2D eigenvalue weighted by atomic mass is 16.4. The molecule has 1 aromatic heterocycles. The second-order valence-corrected chi connectivity index (χ2v) is 4.09. The van der Waals surface area contributed by atoms with Crippen molar-refractivity contribution in [2.24, 2.45) is 0 Å². The van der Waals surface area contributed by atoms with E-state index in [1.165, 1.54) is 5.56 Å². The van der Waals surface area contributed by atoms with Crippen molar-refractivity contribution in [3.63, 3.8) is 0 Å². The number of imidazole rings is 1. The highest BCUT2D eigenvalue weighted by Crippen LogP contribution is 2.21. The fourth-order valence-corrected chi connectivity index (χ4v) is 1.71. The summed E-state index contributed by atoms with van der Waals surface area (Å²) in [5, 5.41) is 8.99. The first-order chi connectivity index (χ1) is 7.50. The molecule has 1 aromatic carbocycles. The van der Waals surface area contributed by atoms with Crippen LogP contribution < -0.4 is 0 Å². The lowest BCUT2D eigenvalue weighted by atomic mass is 10.1. The van der Waals surface area contributed by atoms with Gasteiger partial charge in [0.15, 0.2) is 0 Å². The molecule has 0 aliphatic heterocycles. The van der Waals surface area contributed by atoms with Crippen molar-refractivity contribution in [3.8, 4) is 0 Å². The summed E-state index contributed by atoms with van der Waals surface area (Å²) in [7, 11) is 0. The van der Waals surface area contributed by atoms with Crippen LogP contribution in [0.2, 0.25) is 0 Å². The van der Waals surface area contributed by atoms with Gasteiger partial charge >= 0.3 is 5.97 Å². The number of carboxylic acid groups (broad SMARTS) is 1. The van der Waals surface area contributed by atoms with E-state index in [1.54, 1.807) is 17.8 Å². The van der Waals surface area contributed by atoms with Gasteiger partial charge in [0.1, 0.15) is 6.04 Å². The van der Waals surface area contributed by atoms with E-state index in [9.17, 15) is 4.79 Å². The number of hydrogen-bond donors (Lipinski definition) is 1. The van der Waals surface area contributed by atoms with Crippen LogP contribution in [0, 0.1) is 13.8 Å². The van der Waals surface area contributed by atoms with Gasteiger partial charge in [-0.15, -0.1) is 0 Å². The molecule has 1 N–H and O–H groups in total. The molecule has 16 heavy (non-hydrogen) atoms. The lowest BCUT2D eigenvalue weighted by molar-refractivity contribution is -0.140. The third-order valence-corrected chi connectivity index (χ3v) is 2.96. The van der Waals surface area contributed by atoms with E-state index in [2.05, 4.69) is 4.98 Å². The molecule has 0 aliphatic carbocycles. The summed E-state index contributed by atoms with van der Waals surface area (Å²) in [6.07, 6.45) is 1.59. The molecule has 0 bridgehead atoms. The van der Waals surface area contributed by atoms with Crippen LogP contribution >= 0.6 is 0 Å². The van der Waals surface area contributed by atoms with Crippen LogP contribution in [0.1, 0.15) is 24.1 Å². The molecule has 0 fully saturated rings. The fourth-order valence-electron chi connectivity index (χ4n) is 1.71. The maximum absolute atomic E-state index is 10.9. The normalized spacial score (nSPS) is 12.9. The van der Waals surface area contributed by atoms with Gasteiger partial charge in [-0.1, -0.05) is 0 Å². The average Bonchev–Trinajstić information content (AvgIpc) is 2.60. The third-order valence-electron chi connectivity index (χ3n) is 2.96. The van der Waals surface area contributed by atoms with Gasteiger partial charge in [0, 0.05) is 0 Å². The van der Waals surface area contributed by atoms with E-state index in [0.717, 1.165) is 16.6 Å². The second-order valence-electron chi connectivity index (χ2n) is 4.09.